The van der Waals surface area contributed by atoms with Gasteiger partial charge < -0.3 is 14.8 Å². The third-order valence-corrected chi connectivity index (χ3v) is 5.42. The Labute approximate surface area is 181 Å². The van der Waals surface area contributed by atoms with Gasteiger partial charge in [0.25, 0.3) is 5.91 Å². The highest BCUT2D eigenvalue weighted by Gasteiger charge is 2.14. The molecule has 0 saturated heterocycles. The summed E-state index contributed by atoms with van der Waals surface area (Å²) < 4.78 is 34.2. The predicted molar refractivity (Wildman–Crippen MR) is 117 cm³/mol. The third-order valence-electron chi connectivity index (χ3n) is 4.51. The lowest BCUT2D eigenvalue weighted by Crippen LogP contribution is -2.31. The number of nitrogens with one attached hydrogen (secondary N) is 1. The van der Waals surface area contributed by atoms with E-state index in [1.807, 2.05) is 30.3 Å². The van der Waals surface area contributed by atoms with Crippen LogP contribution in [0.15, 0.2) is 83.8 Å². The van der Waals surface area contributed by atoms with Gasteiger partial charge in [0.05, 0.1) is 10.9 Å². The lowest BCUT2D eigenvalue weighted by molar-refractivity contribution is -0.123. The van der Waals surface area contributed by atoms with E-state index in [2.05, 4.69) is 5.32 Å². The first kappa shape index (κ1) is 22.3. The van der Waals surface area contributed by atoms with Crippen molar-refractivity contribution in [1.29, 1.82) is 0 Å². The van der Waals surface area contributed by atoms with Gasteiger partial charge in [-0.15, -0.1) is 0 Å². The van der Waals surface area contributed by atoms with E-state index >= 15 is 0 Å². The molecule has 31 heavy (non-hydrogen) atoms. The number of hydrogen-bond acceptors (Lipinski definition) is 5. The highest BCUT2D eigenvalue weighted by Crippen LogP contribution is 2.19. The molecular formula is C23H24N2O5S. The summed E-state index contributed by atoms with van der Waals surface area (Å²) in [6.45, 7) is 2.04. The van der Waals surface area contributed by atoms with Gasteiger partial charge in [-0.05, 0) is 54.4 Å². The largest absolute Gasteiger partial charge is 0.489 e. The molecule has 1 atom stereocenters. The Balaban J connectivity index is 1.48. The average Bonchev–Trinajstić information content (AvgIpc) is 2.77. The Hall–Kier alpha value is -3.36. The van der Waals surface area contributed by atoms with Gasteiger partial charge in [0.1, 0.15) is 18.1 Å². The Morgan fingerprint density at radius 3 is 2.23 bits per heavy atom. The monoisotopic (exact) mass is 440 g/mol. The second-order valence-electron chi connectivity index (χ2n) is 6.94. The van der Waals surface area contributed by atoms with Crippen LogP contribution in [0.1, 0.15) is 24.1 Å². The van der Waals surface area contributed by atoms with Crippen LogP contribution in [-0.4, -0.2) is 20.9 Å². The summed E-state index contributed by atoms with van der Waals surface area (Å²) in [6, 6.07) is 22.6. The molecule has 162 valence electrons. The molecule has 3 rings (SSSR count). The zero-order chi connectivity index (χ0) is 22.3. The van der Waals surface area contributed by atoms with Crippen LogP contribution in [0, 0.1) is 0 Å². The number of rotatable bonds is 9. The molecule has 0 fully saturated rings. The van der Waals surface area contributed by atoms with E-state index in [0.717, 1.165) is 5.56 Å². The zero-order valence-corrected chi connectivity index (χ0v) is 17.8. The molecule has 8 heteroatoms. The Kier molecular flexibility index (Phi) is 7.28. The first-order valence-electron chi connectivity index (χ1n) is 9.63. The fraction of sp³-hybridized carbons (Fsp3) is 0.174. The minimum Gasteiger partial charge on any atom is -0.489 e. The molecule has 1 amide bonds. The van der Waals surface area contributed by atoms with Gasteiger partial charge >= 0.3 is 0 Å². The minimum atomic E-state index is -3.80. The number of sulfonamides is 1. The molecule has 0 aliphatic heterocycles. The lowest BCUT2D eigenvalue weighted by Gasteiger charge is -2.15. The van der Waals surface area contributed by atoms with E-state index in [4.69, 9.17) is 14.6 Å². The second kappa shape index (κ2) is 10.1. The molecule has 0 aliphatic carbocycles. The molecule has 0 aromatic heterocycles. The molecule has 0 unspecified atom stereocenters. The van der Waals surface area contributed by atoms with Crippen molar-refractivity contribution in [1.82, 2.24) is 5.32 Å². The molecule has 0 aliphatic rings. The van der Waals surface area contributed by atoms with E-state index in [0.29, 0.717) is 23.7 Å². The van der Waals surface area contributed by atoms with Crippen molar-refractivity contribution < 1.29 is 22.7 Å². The molecule has 0 bridgehead atoms. The van der Waals surface area contributed by atoms with Crippen molar-refractivity contribution in [2.75, 3.05) is 6.61 Å². The van der Waals surface area contributed by atoms with Gasteiger partial charge in [-0.3, -0.25) is 4.79 Å². The van der Waals surface area contributed by atoms with Crippen LogP contribution in [0.25, 0.3) is 0 Å². The third kappa shape index (κ3) is 6.84. The smallest absolute Gasteiger partial charge is 0.258 e. The number of carbonyl (C=O) groups excluding carboxylic acids is 1. The van der Waals surface area contributed by atoms with Gasteiger partial charge in [-0.1, -0.05) is 42.5 Å². The number of primary sulfonamides is 1. The fourth-order valence-electron chi connectivity index (χ4n) is 2.85. The van der Waals surface area contributed by atoms with Crippen LogP contribution < -0.4 is 19.9 Å². The first-order chi connectivity index (χ1) is 14.8. The van der Waals surface area contributed by atoms with E-state index in [1.165, 1.54) is 12.1 Å². The predicted octanol–water partition coefficient (Wildman–Crippen LogP) is 3.17. The van der Waals surface area contributed by atoms with Gasteiger partial charge in [0, 0.05) is 0 Å². The van der Waals surface area contributed by atoms with E-state index in [1.54, 1.807) is 43.3 Å². The molecule has 0 heterocycles. The van der Waals surface area contributed by atoms with Crippen LogP contribution >= 0.6 is 0 Å². The zero-order valence-electron chi connectivity index (χ0n) is 17.0. The fourth-order valence-corrected chi connectivity index (χ4v) is 3.42. The van der Waals surface area contributed by atoms with Crippen LogP contribution in [-0.2, 0) is 21.4 Å². The summed E-state index contributed by atoms with van der Waals surface area (Å²) in [7, 11) is -3.80. The summed E-state index contributed by atoms with van der Waals surface area (Å²) >= 11 is 0. The highest BCUT2D eigenvalue weighted by molar-refractivity contribution is 7.89. The topological polar surface area (TPSA) is 108 Å². The highest BCUT2D eigenvalue weighted by atomic mass is 32.2. The van der Waals surface area contributed by atoms with Crippen molar-refractivity contribution in [3.05, 3.63) is 90.0 Å². The molecular weight excluding hydrogens is 416 g/mol. The quantitative estimate of drug-likeness (QED) is 0.531. The molecule has 3 aromatic carbocycles. The number of carbonyl (C=O) groups is 1. The molecule has 7 nitrogen and oxygen atoms in total. The molecule has 3 N–H and O–H groups in total. The summed E-state index contributed by atoms with van der Waals surface area (Å²) in [4.78, 5) is 12.2. The van der Waals surface area contributed by atoms with Crippen LogP contribution in [0.2, 0.25) is 0 Å². The summed E-state index contributed by atoms with van der Waals surface area (Å²) in [5, 5.41) is 7.92. The van der Waals surface area contributed by atoms with E-state index in [-0.39, 0.29) is 17.4 Å². The summed E-state index contributed by atoms with van der Waals surface area (Å²) in [6.07, 6.45) is 0. The standard InChI is InChI=1S/C23H24N2O5S/c1-17(19-8-5-9-22(14-19)31(24,27)28)25-23(26)16-30-21-12-10-20(11-13-21)29-15-18-6-3-2-4-7-18/h2-14,17H,15-16H2,1H3,(H,25,26)(H2,24,27,28)/t17-/m1/s1. The maximum Gasteiger partial charge on any atom is 0.258 e. The van der Waals surface area contributed by atoms with Crippen molar-refractivity contribution in [3.8, 4) is 11.5 Å². The second-order valence-corrected chi connectivity index (χ2v) is 8.50. The number of amides is 1. The maximum atomic E-state index is 12.2. The van der Waals surface area contributed by atoms with Crippen molar-refractivity contribution in [2.24, 2.45) is 5.14 Å². The van der Waals surface area contributed by atoms with Crippen molar-refractivity contribution >= 4 is 15.9 Å². The molecule has 0 saturated carbocycles. The Bertz CT molecular complexity index is 1120. The number of nitrogens with two attached hydrogens (primary N) is 1. The van der Waals surface area contributed by atoms with Crippen molar-refractivity contribution in [3.63, 3.8) is 0 Å². The number of benzene rings is 3. The van der Waals surface area contributed by atoms with Gasteiger partial charge in [-0.2, -0.15) is 0 Å². The van der Waals surface area contributed by atoms with Crippen LogP contribution in [0.5, 0.6) is 11.5 Å². The SMILES string of the molecule is C[C@@H](NC(=O)COc1ccc(OCc2ccccc2)cc1)c1cccc(S(N)(=O)=O)c1. The summed E-state index contributed by atoms with van der Waals surface area (Å²) in [5.74, 6) is 0.896. The Morgan fingerprint density at radius 1 is 0.935 bits per heavy atom. The number of ether oxygens (including phenoxy) is 2. The summed E-state index contributed by atoms with van der Waals surface area (Å²) in [5.41, 5.74) is 1.70. The normalized spacial score (nSPS) is 12.1. The Morgan fingerprint density at radius 2 is 1.58 bits per heavy atom. The minimum absolute atomic E-state index is 0.00285. The number of hydrogen-bond donors (Lipinski definition) is 2. The van der Waals surface area contributed by atoms with Gasteiger partial charge in [0.2, 0.25) is 10.0 Å². The van der Waals surface area contributed by atoms with E-state index < -0.39 is 16.1 Å². The molecule has 0 spiro atoms. The average molecular weight is 441 g/mol. The van der Waals surface area contributed by atoms with Gasteiger partial charge in [0.15, 0.2) is 6.61 Å². The van der Waals surface area contributed by atoms with Crippen molar-refractivity contribution in [2.45, 2.75) is 24.5 Å². The lowest BCUT2D eigenvalue weighted by atomic mass is 10.1. The maximum absolute atomic E-state index is 12.2. The molecule has 3 aromatic rings. The van der Waals surface area contributed by atoms with E-state index in [9.17, 15) is 13.2 Å². The molecule has 0 radical (unpaired) electrons. The van der Waals surface area contributed by atoms with Crippen LogP contribution in [0.4, 0.5) is 0 Å². The van der Waals surface area contributed by atoms with Crippen LogP contribution in [0.3, 0.4) is 0 Å². The van der Waals surface area contributed by atoms with Gasteiger partial charge in [-0.25, -0.2) is 13.6 Å². The first-order valence-corrected chi connectivity index (χ1v) is 11.2.